The first-order valence-electron chi connectivity index (χ1n) is 5.95. The molecule has 6 unspecified atom stereocenters. The molecular formula is C12H17O2. The molecule has 0 aromatic carbocycles. The van der Waals surface area contributed by atoms with Gasteiger partial charge < -0.3 is 9.47 Å². The van der Waals surface area contributed by atoms with Gasteiger partial charge in [-0.3, -0.25) is 0 Å². The summed E-state index contributed by atoms with van der Waals surface area (Å²) in [6.45, 7) is 3.91. The maximum absolute atomic E-state index is 5.99. The minimum Gasteiger partial charge on any atom is -0.369 e. The van der Waals surface area contributed by atoms with Crippen molar-refractivity contribution in [2.45, 2.75) is 50.4 Å². The van der Waals surface area contributed by atoms with Crippen LogP contribution >= 0.6 is 0 Å². The zero-order chi connectivity index (χ0) is 9.34. The highest BCUT2D eigenvalue weighted by atomic mass is 16.6. The van der Waals surface area contributed by atoms with Crippen molar-refractivity contribution in [2.24, 2.45) is 17.8 Å². The van der Waals surface area contributed by atoms with E-state index in [2.05, 4.69) is 0 Å². The summed E-state index contributed by atoms with van der Waals surface area (Å²) in [6, 6.07) is 0. The first-order valence-corrected chi connectivity index (χ1v) is 5.95. The summed E-state index contributed by atoms with van der Waals surface area (Å²) in [4.78, 5) is 0. The standard InChI is InChI=1S/C12H17O2/c1-2-13-12-4-3-7(6-12)8-5-9-11(14-9)10(8)12/h2,7-11H,3-6H2,1H3. The van der Waals surface area contributed by atoms with E-state index in [0.29, 0.717) is 12.2 Å². The van der Waals surface area contributed by atoms with E-state index < -0.39 is 0 Å². The molecule has 0 aromatic rings. The predicted molar refractivity (Wildman–Crippen MR) is 51.4 cm³/mol. The van der Waals surface area contributed by atoms with Crippen LogP contribution in [0.2, 0.25) is 0 Å². The van der Waals surface area contributed by atoms with E-state index in [1.807, 2.05) is 13.5 Å². The molecule has 77 valence electrons. The first kappa shape index (κ1) is 8.12. The third-order valence-corrected chi connectivity index (χ3v) is 5.05. The molecule has 0 aromatic heterocycles. The van der Waals surface area contributed by atoms with Gasteiger partial charge in [0.1, 0.15) is 0 Å². The number of hydrogen-bond acceptors (Lipinski definition) is 2. The van der Waals surface area contributed by atoms with Crippen molar-refractivity contribution < 1.29 is 9.47 Å². The Morgan fingerprint density at radius 3 is 3.29 bits per heavy atom. The van der Waals surface area contributed by atoms with Gasteiger partial charge in [-0.15, -0.1) is 0 Å². The van der Waals surface area contributed by atoms with Crippen LogP contribution in [-0.2, 0) is 9.47 Å². The second-order valence-electron chi connectivity index (χ2n) is 5.49. The Morgan fingerprint density at radius 2 is 2.43 bits per heavy atom. The molecule has 2 nitrogen and oxygen atoms in total. The van der Waals surface area contributed by atoms with Crippen molar-refractivity contribution in [3.05, 3.63) is 6.61 Å². The van der Waals surface area contributed by atoms with Gasteiger partial charge in [-0.1, -0.05) is 0 Å². The quantitative estimate of drug-likeness (QED) is 0.627. The second kappa shape index (κ2) is 2.35. The van der Waals surface area contributed by atoms with Crippen LogP contribution in [0.5, 0.6) is 0 Å². The molecule has 4 fully saturated rings. The Balaban J connectivity index is 1.70. The van der Waals surface area contributed by atoms with Gasteiger partial charge in [0.15, 0.2) is 0 Å². The van der Waals surface area contributed by atoms with E-state index in [9.17, 15) is 0 Å². The summed E-state index contributed by atoms with van der Waals surface area (Å²) < 4.78 is 11.7. The molecule has 4 rings (SSSR count). The number of rotatable bonds is 2. The molecule has 0 N–H and O–H groups in total. The molecular weight excluding hydrogens is 176 g/mol. The Morgan fingerprint density at radius 1 is 1.50 bits per heavy atom. The molecule has 2 bridgehead atoms. The van der Waals surface area contributed by atoms with E-state index in [1.54, 1.807) is 0 Å². The van der Waals surface area contributed by atoms with Crippen molar-refractivity contribution in [3.63, 3.8) is 0 Å². The largest absolute Gasteiger partial charge is 0.369 e. The van der Waals surface area contributed by atoms with Gasteiger partial charge in [0.2, 0.25) is 0 Å². The summed E-state index contributed by atoms with van der Waals surface area (Å²) in [7, 11) is 0. The summed E-state index contributed by atoms with van der Waals surface area (Å²) >= 11 is 0. The van der Waals surface area contributed by atoms with Gasteiger partial charge in [-0.05, 0) is 44.4 Å². The molecule has 3 saturated carbocycles. The smallest absolute Gasteiger partial charge is 0.0900 e. The summed E-state index contributed by atoms with van der Waals surface area (Å²) in [5, 5.41) is 0. The lowest BCUT2D eigenvalue weighted by molar-refractivity contribution is -0.0573. The Hall–Kier alpha value is -0.0800. The number of epoxide rings is 1. The van der Waals surface area contributed by atoms with Crippen molar-refractivity contribution in [1.82, 2.24) is 0 Å². The number of ether oxygens (including phenoxy) is 2. The number of fused-ring (bicyclic) bond motifs is 7. The highest BCUT2D eigenvalue weighted by Gasteiger charge is 2.70. The number of hydrogen-bond donors (Lipinski definition) is 0. The summed E-state index contributed by atoms with van der Waals surface area (Å²) in [6.07, 6.45) is 6.49. The summed E-state index contributed by atoms with van der Waals surface area (Å²) in [5.74, 6) is 2.63. The van der Waals surface area contributed by atoms with Gasteiger partial charge in [0, 0.05) is 5.92 Å². The molecule has 0 spiro atoms. The minimum atomic E-state index is 0.194. The maximum atomic E-state index is 5.99. The van der Waals surface area contributed by atoms with Gasteiger partial charge in [-0.2, -0.15) is 0 Å². The fourth-order valence-corrected chi connectivity index (χ4v) is 4.66. The van der Waals surface area contributed by atoms with Gasteiger partial charge in [0.25, 0.3) is 0 Å². The highest BCUT2D eigenvalue weighted by molar-refractivity contribution is 5.19. The fourth-order valence-electron chi connectivity index (χ4n) is 4.66. The van der Waals surface area contributed by atoms with Crippen molar-refractivity contribution >= 4 is 0 Å². The molecule has 2 heteroatoms. The third kappa shape index (κ3) is 0.772. The van der Waals surface area contributed by atoms with E-state index in [0.717, 1.165) is 17.8 Å². The maximum Gasteiger partial charge on any atom is 0.0900 e. The van der Waals surface area contributed by atoms with Gasteiger partial charge >= 0.3 is 0 Å². The Labute approximate surface area is 85.0 Å². The Bertz CT molecular complexity index is 277. The lowest BCUT2D eigenvalue weighted by Crippen LogP contribution is -2.39. The van der Waals surface area contributed by atoms with E-state index in [-0.39, 0.29) is 5.60 Å². The molecule has 0 amide bonds. The van der Waals surface area contributed by atoms with Crippen LogP contribution < -0.4 is 0 Å². The van der Waals surface area contributed by atoms with Crippen molar-refractivity contribution in [1.29, 1.82) is 0 Å². The average molecular weight is 193 g/mol. The van der Waals surface area contributed by atoms with Gasteiger partial charge in [-0.25, -0.2) is 0 Å². The molecule has 14 heavy (non-hydrogen) atoms. The molecule has 1 radical (unpaired) electrons. The molecule has 4 aliphatic rings. The average Bonchev–Trinajstić information content (AvgIpc) is 2.63. The fraction of sp³-hybridized carbons (Fsp3) is 0.917. The predicted octanol–water partition coefficient (Wildman–Crippen LogP) is 2.14. The zero-order valence-corrected chi connectivity index (χ0v) is 8.61. The Kier molecular flexibility index (Phi) is 1.37. The second-order valence-corrected chi connectivity index (χ2v) is 5.49. The molecule has 6 atom stereocenters. The topological polar surface area (TPSA) is 21.8 Å². The van der Waals surface area contributed by atoms with Crippen molar-refractivity contribution in [2.75, 3.05) is 0 Å². The van der Waals surface area contributed by atoms with E-state index >= 15 is 0 Å². The molecule has 1 aliphatic heterocycles. The van der Waals surface area contributed by atoms with Crippen LogP contribution in [0.1, 0.15) is 32.6 Å². The SMILES string of the molecule is C[CH]OC12CCC(C1)C1CC3OC3C12. The third-order valence-electron chi connectivity index (χ3n) is 5.05. The molecule has 1 saturated heterocycles. The van der Waals surface area contributed by atoms with Crippen LogP contribution in [0, 0.1) is 24.4 Å². The van der Waals surface area contributed by atoms with Crippen LogP contribution in [0.15, 0.2) is 0 Å². The van der Waals surface area contributed by atoms with Crippen LogP contribution in [-0.4, -0.2) is 17.8 Å². The van der Waals surface area contributed by atoms with Crippen LogP contribution in [0.25, 0.3) is 0 Å². The van der Waals surface area contributed by atoms with E-state index in [1.165, 1.54) is 25.7 Å². The van der Waals surface area contributed by atoms with Crippen molar-refractivity contribution in [3.8, 4) is 0 Å². The molecule has 1 heterocycles. The zero-order valence-electron chi connectivity index (χ0n) is 8.61. The minimum absolute atomic E-state index is 0.194. The lowest BCUT2D eigenvalue weighted by atomic mass is 9.78. The molecule has 3 aliphatic carbocycles. The summed E-state index contributed by atoms with van der Waals surface area (Å²) in [5.41, 5.74) is 0.194. The monoisotopic (exact) mass is 193 g/mol. The highest BCUT2D eigenvalue weighted by Crippen LogP contribution is 2.67. The van der Waals surface area contributed by atoms with E-state index in [4.69, 9.17) is 9.47 Å². The van der Waals surface area contributed by atoms with Crippen LogP contribution in [0.4, 0.5) is 0 Å². The lowest BCUT2D eigenvalue weighted by Gasteiger charge is -2.36. The van der Waals surface area contributed by atoms with Crippen LogP contribution in [0.3, 0.4) is 0 Å². The first-order chi connectivity index (χ1) is 6.84. The van der Waals surface area contributed by atoms with Gasteiger partial charge in [0.05, 0.1) is 24.4 Å². The normalized spacial score (nSPS) is 62.8.